The second kappa shape index (κ2) is 6.30. The highest BCUT2D eigenvalue weighted by Crippen LogP contribution is 2.33. The molecule has 1 aliphatic rings. The molecule has 2 amide bonds. The predicted molar refractivity (Wildman–Crippen MR) is 97.6 cm³/mol. The van der Waals surface area contributed by atoms with Crippen molar-refractivity contribution in [2.75, 3.05) is 7.11 Å². The molecule has 3 aromatic rings. The highest BCUT2D eigenvalue weighted by atomic mass is 32.2. The molecule has 0 radical (unpaired) electrons. The number of carbonyl (C=O) groups is 2. The number of imide groups is 1. The Morgan fingerprint density at radius 1 is 1.23 bits per heavy atom. The van der Waals surface area contributed by atoms with Crippen molar-refractivity contribution < 1.29 is 18.7 Å². The van der Waals surface area contributed by atoms with E-state index in [1.165, 1.54) is 0 Å². The summed E-state index contributed by atoms with van der Waals surface area (Å²) in [5, 5.41) is 2.62. The van der Waals surface area contributed by atoms with Crippen molar-refractivity contribution >= 4 is 40.0 Å². The number of ether oxygens (including phenoxy) is 1. The van der Waals surface area contributed by atoms with E-state index >= 15 is 0 Å². The number of pyridine rings is 2. The Hall–Kier alpha value is -3.13. The van der Waals surface area contributed by atoms with E-state index < -0.39 is 5.91 Å². The van der Waals surface area contributed by atoms with Gasteiger partial charge in [-0.25, -0.2) is 4.98 Å². The fourth-order valence-corrected chi connectivity index (χ4v) is 3.39. The summed E-state index contributed by atoms with van der Waals surface area (Å²) in [6, 6.07) is 3.72. The first-order valence-corrected chi connectivity index (χ1v) is 8.50. The number of hydrogen-bond acceptors (Lipinski definition) is 7. The summed E-state index contributed by atoms with van der Waals surface area (Å²) in [6.07, 6.45) is 6.63. The molecule has 3 aromatic heterocycles. The molecule has 0 aromatic carbocycles. The number of methoxy groups -OCH3 is 1. The van der Waals surface area contributed by atoms with Crippen molar-refractivity contribution in [1.29, 1.82) is 0 Å². The fourth-order valence-electron chi connectivity index (χ4n) is 2.73. The van der Waals surface area contributed by atoms with Crippen molar-refractivity contribution in [3.63, 3.8) is 0 Å². The first-order chi connectivity index (χ1) is 12.5. The molecule has 1 N–H and O–H groups in total. The molecule has 1 aliphatic heterocycles. The van der Waals surface area contributed by atoms with E-state index in [9.17, 15) is 9.59 Å². The standard InChI is InChI=1S/C18H13N3O4S/c1-9-3-10(7-20-17(9)24-2)13-8-19-6-11-4-12(25-15(11)13)5-14-16(22)21-18(23)26-14/h3-8H,1-2H3,(H,21,22,23). The van der Waals surface area contributed by atoms with Crippen LogP contribution < -0.4 is 10.1 Å². The second-order valence-corrected chi connectivity index (χ2v) is 6.67. The molecular formula is C18H13N3O4S. The van der Waals surface area contributed by atoms with Crippen LogP contribution >= 0.6 is 11.8 Å². The number of rotatable bonds is 3. The Balaban J connectivity index is 1.79. The van der Waals surface area contributed by atoms with E-state index in [1.807, 2.05) is 13.0 Å². The number of fused-ring (bicyclic) bond motifs is 1. The summed E-state index contributed by atoms with van der Waals surface area (Å²) < 4.78 is 11.1. The molecule has 130 valence electrons. The zero-order valence-electron chi connectivity index (χ0n) is 13.9. The molecule has 7 nitrogen and oxygen atoms in total. The predicted octanol–water partition coefficient (Wildman–Crippen LogP) is 3.53. The molecule has 1 saturated heterocycles. The van der Waals surface area contributed by atoms with E-state index in [2.05, 4.69) is 15.3 Å². The zero-order valence-corrected chi connectivity index (χ0v) is 14.7. The zero-order chi connectivity index (χ0) is 18.3. The van der Waals surface area contributed by atoms with Crippen LogP contribution in [0.15, 0.2) is 40.0 Å². The maximum atomic E-state index is 11.7. The molecular weight excluding hydrogens is 354 g/mol. The summed E-state index contributed by atoms with van der Waals surface area (Å²) in [7, 11) is 1.57. The Labute approximate surface area is 152 Å². The lowest BCUT2D eigenvalue weighted by Crippen LogP contribution is -2.17. The Morgan fingerprint density at radius 2 is 2.08 bits per heavy atom. The Morgan fingerprint density at radius 3 is 2.77 bits per heavy atom. The van der Waals surface area contributed by atoms with Gasteiger partial charge in [0.15, 0.2) is 0 Å². The minimum Gasteiger partial charge on any atom is -0.481 e. The van der Waals surface area contributed by atoms with Crippen LogP contribution in [0, 0.1) is 6.92 Å². The highest BCUT2D eigenvalue weighted by molar-refractivity contribution is 8.18. The summed E-state index contributed by atoms with van der Waals surface area (Å²) in [6.45, 7) is 1.91. The largest absolute Gasteiger partial charge is 0.481 e. The first-order valence-electron chi connectivity index (χ1n) is 7.68. The lowest BCUT2D eigenvalue weighted by atomic mass is 10.1. The van der Waals surface area contributed by atoms with Gasteiger partial charge in [-0.3, -0.25) is 19.9 Å². The average molecular weight is 367 g/mol. The van der Waals surface area contributed by atoms with E-state index in [0.29, 0.717) is 22.1 Å². The molecule has 26 heavy (non-hydrogen) atoms. The SMILES string of the molecule is COc1ncc(-c2cncc3cc(C=C4SC(=O)NC4=O)oc23)cc1C. The van der Waals surface area contributed by atoms with Gasteiger partial charge in [0.05, 0.1) is 12.0 Å². The second-order valence-electron chi connectivity index (χ2n) is 5.66. The Bertz CT molecular complexity index is 1090. The van der Waals surface area contributed by atoms with Crippen molar-refractivity contribution in [3.8, 4) is 17.0 Å². The number of aryl methyl sites for hydroxylation is 1. The summed E-state index contributed by atoms with van der Waals surface area (Å²) in [5.41, 5.74) is 3.16. The van der Waals surface area contributed by atoms with E-state index in [0.717, 1.165) is 33.8 Å². The third kappa shape index (κ3) is 2.84. The van der Waals surface area contributed by atoms with Gasteiger partial charge in [-0.1, -0.05) is 0 Å². The molecule has 0 bridgehead atoms. The smallest absolute Gasteiger partial charge is 0.290 e. The third-order valence-electron chi connectivity index (χ3n) is 3.89. The van der Waals surface area contributed by atoms with Crippen molar-refractivity contribution in [3.05, 3.63) is 47.0 Å². The molecule has 0 saturated carbocycles. The number of aromatic nitrogens is 2. The van der Waals surface area contributed by atoms with Crippen LogP contribution in [0.4, 0.5) is 4.79 Å². The van der Waals surface area contributed by atoms with Gasteiger partial charge in [-0.2, -0.15) is 0 Å². The highest BCUT2D eigenvalue weighted by Gasteiger charge is 2.25. The lowest BCUT2D eigenvalue weighted by Gasteiger charge is -2.06. The fraction of sp³-hybridized carbons (Fsp3) is 0.111. The number of nitrogens with one attached hydrogen (secondary N) is 1. The van der Waals surface area contributed by atoms with E-state index in [4.69, 9.17) is 9.15 Å². The number of amides is 2. The maximum Gasteiger partial charge on any atom is 0.290 e. The number of carbonyl (C=O) groups excluding carboxylic acids is 2. The molecule has 0 atom stereocenters. The molecule has 0 aliphatic carbocycles. The minimum atomic E-state index is -0.422. The first kappa shape index (κ1) is 16.3. The van der Waals surface area contributed by atoms with Crippen LogP contribution in [0.25, 0.3) is 28.2 Å². The van der Waals surface area contributed by atoms with Crippen LogP contribution in [0.1, 0.15) is 11.3 Å². The van der Waals surface area contributed by atoms with Crippen LogP contribution in [-0.4, -0.2) is 28.2 Å². The van der Waals surface area contributed by atoms with E-state index in [-0.39, 0.29) is 5.24 Å². The van der Waals surface area contributed by atoms with Gasteiger partial charge in [0, 0.05) is 46.7 Å². The monoisotopic (exact) mass is 367 g/mol. The third-order valence-corrected chi connectivity index (χ3v) is 4.70. The van der Waals surface area contributed by atoms with Gasteiger partial charge in [0.2, 0.25) is 5.88 Å². The van der Waals surface area contributed by atoms with Crippen molar-refractivity contribution in [2.24, 2.45) is 0 Å². The molecule has 8 heteroatoms. The number of nitrogens with zero attached hydrogens (tertiary/aromatic N) is 2. The van der Waals surface area contributed by atoms with Crippen LogP contribution in [0.3, 0.4) is 0 Å². The summed E-state index contributed by atoms with van der Waals surface area (Å²) in [4.78, 5) is 31.8. The molecule has 4 rings (SSSR count). The van der Waals surface area contributed by atoms with E-state index in [1.54, 1.807) is 37.8 Å². The molecule has 4 heterocycles. The summed E-state index contributed by atoms with van der Waals surface area (Å²) in [5.74, 6) is 0.612. The maximum absolute atomic E-state index is 11.7. The molecule has 0 unspecified atom stereocenters. The van der Waals surface area contributed by atoms with Crippen LogP contribution in [-0.2, 0) is 4.79 Å². The van der Waals surface area contributed by atoms with Crippen LogP contribution in [0.5, 0.6) is 5.88 Å². The van der Waals surface area contributed by atoms with Gasteiger partial charge in [0.25, 0.3) is 11.1 Å². The van der Waals surface area contributed by atoms with Gasteiger partial charge in [-0.15, -0.1) is 0 Å². The quantitative estimate of drug-likeness (QED) is 0.708. The number of furan rings is 1. The van der Waals surface area contributed by atoms with Gasteiger partial charge >= 0.3 is 0 Å². The van der Waals surface area contributed by atoms with Crippen LogP contribution in [0.2, 0.25) is 0 Å². The topological polar surface area (TPSA) is 94.3 Å². The van der Waals surface area contributed by atoms with Gasteiger partial charge in [0.1, 0.15) is 11.3 Å². The van der Waals surface area contributed by atoms with Crippen molar-refractivity contribution in [1.82, 2.24) is 15.3 Å². The summed E-state index contributed by atoms with van der Waals surface area (Å²) >= 11 is 0.847. The Kier molecular flexibility index (Phi) is 3.96. The van der Waals surface area contributed by atoms with Crippen molar-refractivity contribution in [2.45, 2.75) is 6.92 Å². The normalized spacial score (nSPS) is 15.7. The minimum absolute atomic E-state index is 0.297. The van der Waals surface area contributed by atoms with Gasteiger partial charge in [-0.05, 0) is 30.8 Å². The number of thioether (sulfide) groups is 1. The number of hydrogen-bond donors (Lipinski definition) is 1. The van der Waals surface area contributed by atoms with Gasteiger partial charge < -0.3 is 9.15 Å². The lowest BCUT2D eigenvalue weighted by molar-refractivity contribution is -0.115. The average Bonchev–Trinajstić information content (AvgIpc) is 3.16. The molecule has 1 fully saturated rings. The molecule has 0 spiro atoms.